The van der Waals surface area contributed by atoms with E-state index in [0.29, 0.717) is 6.54 Å². The quantitative estimate of drug-likeness (QED) is 0.712. The van der Waals surface area contributed by atoms with E-state index in [4.69, 9.17) is 4.74 Å². The van der Waals surface area contributed by atoms with Gasteiger partial charge in [0.2, 0.25) is 11.8 Å². The fraction of sp³-hybridized carbons (Fsp3) is 0.333. The number of aryl methyl sites for hydroxylation is 1. The van der Waals surface area contributed by atoms with E-state index in [0.717, 1.165) is 29.0 Å². The Bertz CT molecular complexity index is 777. The van der Waals surface area contributed by atoms with Gasteiger partial charge in [-0.05, 0) is 31.2 Å². The van der Waals surface area contributed by atoms with Gasteiger partial charge in [0.1, 0.15) is 5.75 Å². The van der Waals surface area contributed by atoms with Gasteiger partial charge in [0.15, 0.2) is 0 Å². The van der Waals surface area contributed by atoms with Gasteiger partial charge in [-0.15, -0.1) is 0 Å². The van der Waals surface area contributed by atoms with Crippen molar-refractivity contribution < 1.29 is 14.3 Å². The van der Waals surface area contributed by atoms with Crippen molar-refractivity contribution in [2.24, 2.45) is 0 Å². The number of methoxy groups -OCH3 is 1. The summed E-state index contributed by atoms with van der Waals surface area (Å²) in [6.45, 7) is 2.70. The Kier molecular flexibility index (Phi) is 7.82. The van der Waals surface area contributed by atoms with E-state index < -0.39 is 0 Å². The molecule has 2 aromatic carbocycles. The van der Waals surface area contributed by atoms with Crippen LogP contribution in [0.4, 0.5) is 5.69 Å². The maximum absolute atomic E-state index is 12.2. The average molecular weight is 369 g/mol. The van der Waals surface area contributed by atoms with Crippen molar-refractivity contribution >= 4 is 17.5 Å². The molecule has 2 aromatic rings. The maximum Gasteiger partial charge on any atom is 0.238 e. The highest BCUT2D eigenvalue weighted by molar-refractivity contribution is 5.93. The molecule has 0 atom stereocenters. The number of hydrogen-bond acceptors (Lipinski definition) is 4. The van der Waals surface area contributed by atoms with Crippen molar-refractivity contribution in [3.8, 4) is 5.75 Å². The predicted molar refractivity (Wildman–Crippen MR) is 107 cm³/mol. The zero-order valence-corrected chi connectivity index (χ0v) is 16.1. The van der Waals surface area contributed by atoms with Gasteiger partial charge in [-0.2, -0.15) is 0 Å². The SMILES string of the molecule is CCc1ccccc1NC(=O)CN(C)CC(=O)NCc1ccccc1OC. The van der Waals surface area contributed by atoms with Crippen LogP contribution in [0.25, 0.3) is 0 Å². The number of hydrogen-bond donors (Lipinski definition) is 2. The predicted octanol–water partition coefficient (Wildman–Crippen LogP) is 2.44. The third kappa shape index (κ3) is 6.42. The van der Waals surface area contributed by atoms with Crippen LogP contribution in [-0.4, -0.2) is 44.0 Å². The van der Waals surface area contributed by atoms with E-state index >= 15 is 0 Å². The number of rotatable bonds is 9. The van der Waals surface area contributed by atoms with Crippen molar-refractivity contribution in [1.29, 1.82) is 0 Å². The molecule has 0 radical (unpaired) electrons. The number of anilines is 1. The number of nitrogens with zero attached hydrogens (tertiary/aromatic N) is 1. The Morgan fingerprint density at radius 2 is 1.59 bits per heavy atom. The molecule has 0 bridgehead atoms. The Hall–Kier alpha value is -2.86. The molecule has 0 aliphatic heterocycles. The van der Waals surface area contributed by atoms with E-state index in [2.05, 4.69) is 10.6 Å². The molecule has 0 saturated carbocycles. The van der Waals surface area contributed by atoms with Crippen LogP contribution in [-0.2, 0) is 22.6 Å². The largest absolute Gasteiger partial charge is 0.496 e. The van der Waals surface area contributed by atoms with E-state index in [1.54, 1.807) is 19.1 Å². The summed E-state index contributed by atoms with van der Waals surface area (Å²) in [5, 5.41) is 5.76. The van der Waals surface area contributed by atoms with E-state index in [9.17, 15) is 9.59 Å². The number of carbonyl (C=O) groups excluding carboxylic acids is 2. The van der Waals surface area contributed by atoms with Crippen LogP contribution >= 0.6 is 0 Å². The zero-order valence-electron chi connectivity index (χ0n) is 16.1. The van der Waals surface area contributed by atoms with Crippen LogP contribution in [0.3, 0.4) is 0 Å². The number of amides is 2. The molecule has 0 saturated heterocycles. The van der Waals surface area contributed by atoms with Crippen molar-refractivity contribution in [1.82, 2.24) is 10.2 Å². The highest BCUT2D eigenvalue weighted by Gasteiger charge is 2.12. The summed E-state index contributed by atoms with van der Waals surface area (Å²) in [6, 6.07) is 15.3. The fourth-order valence-corrected chi connectivity index (χ4v) is 2.79. The summed E-state index contributed by atoms with van der Waals surface area (Å²) in [5.41, 5.74) is 2.81. The van der Waals surface area contributed by atoms with Crippen molar-refractivity contribution in [3.05, 3.63) is 59.7 Å². The smallest absolute Gasteiger partial charge is 0.238 e. The third-order valence-electron chi connectivity index (χ3n) is 4.17. The lowest BCUT2D eigenvalue weighted by atomic mass is 10.1. The number of para-hydroxylation sites is 2. The van der Waals surface area contributed by atoms with Crippen LogP contribution in [0, 0.1) is 0 Å². The minimum absolute atomic E-state index is 0.137. The van der Waals surface area contributed by atoms with Gasteiger partial charge in [-0.3, -0.25) is 14.5 Å². The lowest BCUT2D eigenvalue weighted by Crippen LogP contribution is -2.38. The molecule has 0 heterocycles. The first kappa shape index (κ1) is 20.5. The molecule has 0 aliphatic rings. The molecule has 6 nitrogen and oxygen atoms in total. The summed E-state index contributed by atoms with van der Waals surface area (Å²) in [7, 11) is 3.34. The minimum atomic E-state index is -0.148. The van der Waals surface area contributed by atoms with Gasteiger partial charge in [0.05, 0.1) is 20.2 Å². The number of carbonyl (C=O) groups is 2. The molecule has 2 N–H and O–H groups in total. The van der Waals surface area contributed by atoms with E-state index in [1.807, 2.05) is 55.5 Å². The summed E-state index contributed by atoms with van der Waals surface area (Å²) in [4.78, 5) is 26.1. The van der Waals surface area contributed by atoms with E-state index in [-0.39, 0.29) is 24.9 Å². The first-order valence-electron chi connectivity index (χ1n) is 8.98. The average Bonchev–Trinajstić information content (AvgIpc) is 2.66. The summed E-state index contributed by atoms with van der Waals surface area (Å²) < 4.78 is 5.27. The second-order valence-electron chi connectivity index (χ2n) is 6.32. The van der Waals surface area contributed by atoms with Gasteiger partial charge in [-0.1, -0.05) is 43.3 Å². The maximum atomic E-state index is 12.2. The molecule has 0 aliphatic carbocycles. The van der Waals surface area contributed by atoms with Crippen molar-refractivity contribution in [2.75, 3.05) is 32.6 Å². The second-order valence-corrected chi connectivity index (χ2v) is 6.32. The van der Waals surface area contributed by atoms with Gasteiger partial charge < -0.3 is 15.4 Å². The monoisotopic (exact) mass is 369 g/mol. The standard InChI is InChI=1S/C21H27N3O3/c1-4-16-9-5-7-11-18(16)23-21(26)15-24(2)14-20(25)22-13-17-10-6-8-12-19(17)27-3/h5-12H,4,13-15H2,1-3H3,(H,22,25)(H,23,26). The van der Waals surface area contributed by atoms with Crippen LogP contribution in [0.5, 0.6) is 5.75 Å². The second kappa shape index (κ2) is 10.3. The number of nitrogens with one attached hydrogen (secondary N) is 2. The molecule has 27 heavy (non-hydrogen) atoms. The molecule has 2 amide bonds. The number of benzene rings is 2. The molecule has 0 aromatic heterocycles. The summed E-state index contributed by atoms with van der Waals surface area (Å²) in [6.07, 6.45) is 0.845. The normalized spacial score (nSPS) is 10.5. The first-order chi connectivity index (χ1) is 13.0. The van der Waals surface area contributed by atoms with Gasteiger partial charge in [-0.25, -0.2) is 0 Å². The van der Waals surface area contributed by atoms with E-state index in [1.165, 1.54) is 0 Å². The number of ether oxygens (including phenoxy) is 1. The molecule has 6 heteroatoms. The highest BCUT2D eigenvalue weighted by Crippen LogP contribution is 2.17. The molecular weight excluding hydrogens is 342 g/mol. The molecule has 144 valence electrons. The molecule has 0 unspecified atom stereocenters. The van der Waals surface area contributed by atoms with Gasteiger partial charge in [0.25, 0.3) is 0 Å². The van der Waals surface area contributed by atoms with Crippen LogP contribution in [0.2, 0.25) is 0 Å². The molecular formula is C21H27N3O3. The third-order valence-corrected chi connectivity index (χ3v) is 4.17. The molecule has 0 spiro atoms. The Labute approximate surface area is 160 Å². The summed E-state index contributed by atoms with van der Waals surface area (Å²) >= 11 is 0. The zero-order chi connectivity index (χ0) is 19.6. The van der Waals surface area contributed by atoms with Gasteiger partial charge >= 0.3 is 0 Å². The topological polar surface area (TPSA) is 70.7 Å². The molecule has 0 fully saturated rings. The van der Waals surface area contributed by atoms with Crippen molar-refractivity contribution in [2.45, 2.75) is 19.9 Å². The van der Waals surface area contributed by atoms with Crippen LogP contribution in [0.1, 0.15) is 18.1 Å². The van der Waals surface area contributed by atoms with Gasteiger partial charge in [0, 0.05) is 17.8 Å². The van der Waals surface area contributed by atoms with Crippen molar-refractivity contribution in [3.63, 3.8) is 0 Å². The Morgan fingerprint density at radius 3 is 2.30 bits per heavy atom. The highest BCUT2D eigenvalue weighted by atomic mass is 16.5. The Morgan fingerprint density at radius 1 is 0.963 bits per heavy atom. The first-order valence-corrected chi connectivity index (χ1v) is 8.98. The summed E-state index contributed by atoms with van der Waals surface area (Å²) in [5.74, 6) is 0.446. The number of likely N-dealkylation sites (N-methyl/N-ethyl adjacent to an activating group) is 1. The fourth-order valence-electron chi connectivity index (χ4n) is 2.79. The van der Waals surface area contributed by atoms with Crippen LogP contribution in [0.15, 0.2) is 48.5 Å². The minimum Gasteiger partial charge on any atom is -0.496 e. The molecule has 2 rings (SSSR count). The lowest BCUT2D eigenvalue weighted by molar-refractivity contribution is -0.123. The Balaban J connectivity index is 1.79. The van der Waals surface area contributed by atoms with Crippen LogP contribution < -0.4 is 15.4 Å². The lowest BCUT2D eigenvalue weighted by Gasteiger charge is -2.17.